The van der Waals surface area contributed by atoms with Gasteiger partial charge in [0.1, 0.15) is 4.70 Å². The third-order valence-corrected chi connectivity index (χ3v) is 2.40. The van der Waals surface area contributed by atoms with Crippen molar-refractivity contribution < 1.29 is 61.4 Å². The van der Waals surface area contributed by atoms with E-state index in [0.29, 0.717) is 10.2 Å². The minimum absolute atomic E-state index is 0. The third-order valence-electron chi connectivity index (χ3n) is 1.53. The molecular weight excluding hydrogens is 277 g/mol. The second kappa shape index (κ2) is 7.63. The monoisotopic (exact) mass is 281 g/mol. The van der Waals surface area contributed by atoms with E-state index in [2.05, 4.69) is 4.98 Å². The van der Waals surface area contributed by atoms with Crippen molar-refractivity contribution in [3.63, 3.8) is 0 Å². The number of nitro benzene ring substituents is 1. The summed E-state index contributed by atoms with van der Waals surface area (Å²) < 4.78 is 0.641. The molecule has 0 aliphatic carbocycles. The average molecular weight is 281 g/mol. The summed E-state index contributed by atoms with van der Waals surface area (Å²) in [5, 5.41) is 25.2. The molecule has 0 aliphatic rings. The Morgan fingerprint density at radius 1 is 1.18 bits per heavy atom. The van der Waals surface area contributed by atoms with Gasteiger partial charge in [-0.05, 0) is 6.07 Å². The Labute approximate surface area is 141 Å². The molecule has 0 unspecified atom stereocenters. The van der Waals surface area contributed by atoms with Gasteiger partial charge in [0, 0.05) is 6.07 Å². The molecule has 84 valence electrons. The van der Waals surface area contributed by atoms with Gasteiger partial charge in [-0.3, -0.25) is 10.1 Å². The Morgan fingerprint density at radius 3 is 2.29 bits per heavy atom. The van der Waals surface area contributed by atoms with Crippen LogP contribution in [0.25, 0.3) is 10.2 Å². The smallest absolute Gasteiger partial charge is 0.356 e. The molecule has 0 saturated carbocycles. The largest absolute Gasteiger partial charge is 1.00 e. The molecule has 0 spiro atoms. The molecule has 17 heavy (non-hydrogen) atoms. The van der Waals surface area contributed by atoms with Crippen LogP contribution >= 0.6 is 11.3 Å². The number of non-ortho nitro benzene ring substituents is 1. The summed E-state index contributed by atoms with van der Waals surface area (Å²) in [6.07, 6.45) is 0. The van der Waals surface area contributed by atoms with Crippen molar-refractivity contribution >= 4 is 27.2 Å². The quantitative estimate of drug-likeness (QED) is 0.374. The molecule has 0 N–H and O–H groups in total. The van der Waals surface area contributed by atoms with Gasteiger partial charge in [0.05, 0.1) is 21.0 Å². The van der Waals surface area contributed by atoms with Crippen LogP contribution in [0.4, 0.5) is 5.69 Å². The fourth-order valence-electron chi connectivity index (χ4n) is 1.02. The molecule has 0 bridgehead atoms. The summed E-state index contributed by atoms with van der Waals surface area (Å²) >= 11 is 1.29. The summed E-state index contributed by atoms with van der Waals surface area (Å²) in [6.45, 7) is 0. The van der Waals surface area contributed by atoms with Gasteiger partial charge in [0.25, 0.3) is 5.69 Å². The molecule has 1 heterocycles. The minimum Gasteiger partial charge on any atom is -0.356 e. The summed E-state index contributed by atoms with van der Waals surface area (Å²) in [5.74, 6) is 0. The van der Waals surface area contributed by atoms with Crippen molar-refractivity contribution in [2.24, 2.45) is 0 Å². The molecule has 0 radical (unpaired) electrons. The van der Waals surface area contributed by atoms with Gasteiger partial charge in [-0.2, -0.15) is 0 Å². The average Bonchev–Trinajstić information content (AvgIpc) is 2.63. The summed E-state index contributed by atoms with van der Waals surface area (Å²) in [4.78, 5) is 22.3. The van der Waals surface area contributed by atoms with Gasteiger partial charge >= 0.3 is 51.4 Å². The zero-order valence-electron chi connectivity index (χ0n) is 8.60. The first-order valence-electron chi connectivity index (χ1n) is 3.80. The fourth-order valence-corrected chi connectivity index (χ4v) is 1.79. The second-order valence-electron chi connectivity index (χ2n) is 2.46. The fraction of sp³-hybridized carbons (Fsp3) is 0. The van der Waals surface area contributed by atoms with Crippen molar-refractivity contribution in [2.45, 2.75) is 0 Å². The molecule has 0 fully saturated rings. The first-order valence-corrected chi connectivity index (χ1v) is 4.68. The topological polar surface area (TPSA) is 122 Å². The molecule has 10 heteroatoms. The van der Waals surface area contributed by atoms with Crippen LogP contribution < -0.4 is 51.4 Å². The Morgan fingerprint density at radius 2 is 1.76 bits per heavy atom. The van der Waals surface area contributed by atoms with Crippen molar-refractivity contribution in [1.82, 2.24) is 4.98 Å². The van der Waals surface area contributed by atoms with Crippen LogP contribution in [0.1, 0.15) is 0 Å². The molecule has 2 rings (SSSR count). The first kappa shape index (κ1) is 16.3. The van der Waals surface area contributed by atoms with Crippen LogP contribution in [0, 0.1) is 25.4 Å². The predicted octanol–water partition coefficient (Wildman–Crippen LogP) is -1.03. The maximum atomic E-state index is 10.5. The van der Waals surface area contributed by atoms with E-state index in [4.69, 9.17) is 15.3 Å². The molecule has 0 atom stereocenters. The molecule has 0 aliphatic heterocycles. The van der Waals surface area contributed by atoms with Crippen LogP contribution in [0.15, 0.2) is 23.7 Å². The number of nitro groups is 1. The van der Waals surface area contributed by atoms with Gasteiger partial charge in [-0.15, -0.1) is 11.3 Å². The maximum absolute atomic E-state index is 10.5. The SMILES string of the molecule is O=[N+]([O-])[O-].O=[N+]([O-])c1cccc2ncsc12.[K+]. The zero-order chi connectivity index (χ0) is 12.1. The third kappa shape index (κ3) is 5.02. The number of rotatable bonds is 1. The normalized spacial score (nSPS) is 8.71. The van der Waals surface area contributed by atoms with Crippen LogP contribution in [0.5, 0.6) is 0 Å². The first-order chi connectivity index (χ1) is 7.52. The molecule has 1 aromatic carbocycles. The Bertz CT molecular complexity index is 527. The Balaban J connectivity index is 0.000000453. The Kier molecular flexibility index (Phi) is 7.34. The van der Waals surface area contributed by atoms with Crippen LogP contribution in [-0.2, 0) is 0 Å². The van der Waals surface area contributed by atoms with E-state index >= 15 is 0 Å². The van der Waals surface area contributed by atoms with E-state index < -0.39 is 5.09 Å². The van der Waals surface area contributed by atoms with Gasteiger partial charge in [-0.25, -0.2) is 4.98 Å². The molecule has 0 amide bonds. The number of aromatic nitrogens is 1. The van der Waals surface area contributed by atoms with E-state index in [9.17, 15) is 10.1 Å². The van der Waals surface area contributed by atoms with Gasteiger partial charge in [0.15, 0.2) is 0 Å². The van der Waals surface area contributed by atoms with Crippen molar-refractivity contribution in [1.29, 1.82) is 0 Å². The minimum atomic E-state index is -1.75. The maximum Gasteiger partial charge on any atom is 1.00 e. The number of thiazole rings is 1. The van der Waals surface area contributed by atoms with Crippen LogP contribution in [-0.4, -0.2) is 15.0 Å². The van der Waals surface area contributed by atoms with Crippen LogP contribution in [0.3, 0.4) is 0 Å². The number of benzene rings is 1. The number of fused-ring (bicyclic) bond motifs is 1. The van der Waals surface area contributed by atoms with Crippen molar-refractivity contribution in [3.05, 3.63) is 49.1 Å². The summed E-state index contributed by atoms with van der Waals surface area (Å²) in [5.41, 5.74) is 2.43. The van der Waals surface area contributed by atoms with E-state index in [1.807, 2.05) is 0 Å². The number of hydrogen-bond donors (Lipinski definition) is 0. The predicted molar refractivity (Wildman–Crippen MR) is 56.6 cm³/mol. The number of hydrogen-bond acceptors (Lipinski definition) is 7. The van der Waals surface area contributed by atoms with E-state index in [1.54, 1.807) is 17.6 Å². The van der Waals surface area contributed by atoms with E-state index in [0.717, 1.165) is 0 Å². The van der Waals surface area contributed by atoms with E-state index in [-0.39, 0.29) is 62.0 Å². The van der Waals surface area contributed by atoms with Gasteiger partial charge in [0.2, 0.25) is 0 Å². The van der Waals surface area contributed by atoms with Crippen molar-refractivity contribution in [2.75, 3.05) is 0 Å². The van der Waals surface area contributed by atoms with Gasteiger partial charge < -0.3 is 15.3 Å². The zero-order valence-corrected chi connectivity index (χ0v) is 12.5. The molecule has 0 saturated heterocycles. The Hall–Kier alpha value is -0.654. The van der Waals surface area contributed by atoms with Gasteiger partial charge in [-0.1, -0.05) is 6.07 Å². The number of nitrogens with zero attached hydrogens (tertiary/aromatic N) is 3. The van der Waals surface area contributed by atoms with Crippen molar-refractivity contribution in [3.8, 4) is 0 Å². The molecule has 8 nitrogen and oxygen atoms in total. The van der Waals surface area contributed by atoms with E-state index in [1.165, 1.54) is 17.4 Å². The molecule has 2 aromatic rings. The second-order valence-corrected chi connectivity index (χ2v) is 3.31. The standard InChI is InChI=1S/C7H4N2O2S.K.NO3/c10-9(11)6-3-1-2-5-7(6)12-4-8-5;;2-1(3)4/h1-4H;;/q;+1;-1. The molecular formula is C7H4KN3O5S. The van der Waals surface area contributed by atoms with Crippen LogP contribution in [0.2, 0.25) is 0 Å². The summed E-state index contributed by atoms with van der Waals surface area (Å²) in [7, 11) is 0. The summed E-state index contributed by atoms with van der Waals surface area (Å²) in [6, 6.07) is 4.89. The molecule has 1 aromatic heterocycles.